The summed E-state index contributed by atoms with van der Waals surface area (Å²) in [5, 5.41) is 2.95. The van der Waals surface area contributed by atoms with E-state index in [0.29, 0.717) is 18.2 Å². The van der Waals surface area contributed by atoms with Crippen molar-refractivity contribution < 1.29 is 9.59 Å². The number of fused-ring (bicyclic) bond motifs is 1. The molecular weight excluding hydrogens is 364 g/mol. The summed E-state index contributed by atoms with van der Waals surface area (Å²) in [6.07, 6.45) is 0. The maximum absolute atomic E-state index is 13.0. The van der Waals surface area contributed by atoms with Crippen LogP contribution in [0.25, 0.3) is 11.0 Å². The van der Waals surface area contributed by atoms with Gasteiger partial charge in [0.25, 0.3) is 0 Å². The van der Waals surface area contributed by atoms with E-state index in [1.807, 2.05) is 52.0 Å². The monoisotopic (exact) mass is 390 g/mol. The van der Waals surface area contributed by atoms with Crippen molar-refractivity contribution in [2.45, 2.75) is 52.4 Å². The molecule has 3 rings (SSSR count). The first kappa shape index (κ1) is 19.5. The number of carbonyl (C=O) groups is 2. The van der Waals surface area contributed by atoms with Gasteiger partial charge in [0.2, 0.25) is 11.8 Å². The number of aromatic nitrogens is 2. The lowest BCUT2D eigenvalue weighted by molar-refractivity contribution is -0.139. The Kier molecular flexibility index (Phi) is 5.37. The van der Waals surface area contributed by atoms with Gasteiger partial charge in [-0.15, -0.1) is 11.8 Å². The summed E-state index contributed by atoms with van der Waals surface area (Å²) in [6.45, 7) is 8.13. The van der Waals surface area contributed by atoms with Gasteiger partial charge in [-0.05, 0) is 39.8 Å². The molecule has 0 aliphatic carbocycles. The number of para-hydroxylation sites is 2. The zero-order valence-electron chi connectivity index (χ0n) is 16.2. The molecule has 1 aromatic heterocycles. The van der Waals surface area contributed by atoms with Crippen LogP contribution in [0.2, 0.25) is 0 Å². The van der Waals surface area contributed by atoms with Crippen molar-refractivity contribution >= 4 is 34.6 Å². The van der Waals surface area contributed by atoms with E-state index in [0.717, 1.165) is 11.0 Å². The number of nitrogens with one attached hydrogen (secondary N) is 1. The number of amides is 2. The Morgan fingerprint density at radius 3 is 2.41 bits per heavy atom. The van der Waals surface area contributed by atoms with E-state index in [-0.39, 0.29) is 29.6 Å². The number of aryl methyl sites for hydroxylation is 1. The molecule has 7 nitrogen and oxygen atoms in total. The topological polar surface area (TPSA) is 76.3 Å². The first-order valence-corrected chi connectivity index (χ1v) is 10.3. The molecule has 1 aromatic carbocycles. The molecule has 1 aliphatic heterocycles. The van der Waals surface area contributed by atoms with Crippen molar-refractivity contribution in [2.75, 3.05) is 11.6 Å². The molecule has 0 saturated carbocycles. The van der Waals surface area contributed by atoms with Gasteiger partial charge in [0, 0.05) is 17.8 Å². The highest BCUT2D eigenvalue weighted by molar-refractivity contribution is 7.99. The summed E-state index contributed by atoms with van der Waals surface area (Å²) in [7, 11) is 0. The van der Waals surface area contributed by atoms with Crippen LogP contribution in [0, 0.1) is 0 Å². The third kappa shape index (κ3) is 3.90. The highest BCUT2D eigenvalue weighted by Gasteiger charge is 2.36. The van der Waals surface area contributed by atoms with E-state index in [1.54, 1.807) is 21.2 Å². The van der Waals surface area contributed by atoms with Crippen LogP contribution in [-0.2, 0) is 22.7 Å². The standard InChI is InChI=1S/C19H26N4O3S/c1-5-21-13-8-6-7-9-14(13)22(18(21)26)10-16(24)23-12-27-11-15(23)17(25)20-19(2,3)4/h6-9,15H,5,10-12H2,1-4H3,(H,20,25). The fourth-order valence-electron chi connectivity index (χ4n) is 3.32. The molecule has 2 amide bonds. The number of benzene rings is 1. The second kappa shape index (κ2) is 7.42. The van der Waals surface area contributed by atoms with Crippen molar-refractivity contribution in [3.63, 3.8) is 0 Å². The van der Waals surface area contributed by atoms with Crippen LogP contribution < -0.4 is 11.0 Å². The van der Waals surface area contributed by atoms with Gasteiger partial charge >= 0.3 is 5.69 Å². The van der Waals surface area contributed by atoms with E-state index in [4.69, 9.17) is 0 Å². The summed E-state index contributed by atoms with van der Waals surface area (Å²) in [5.74, 6) is 0.668. The minimum Gasteiger partial charge on any atom is -0.350 e. The predicted octanol–water partition coefficient (Wildman–Crippen LogP) is 1.64. The van der Waals surface area contributed by atoms with Gasteiger partial charge in [-0.2, -0.15) is 0 Å². The minimum absolute atomic E-state index is 0.0633. The van der Waals surface area contributed by atoms with Gasteiger partial charge in [0.15, 0.2) is 0 Å². The zero-order chi connectivity index (χ0) is 19.8. The summed E-state index contributed by atoms with van der Waals surface area (Å²) in [6, 6.07) is 6.96. The van der Waals surface area contributed by atoms with E-state index >= 15 is 0 Å². The molecule has 1 aliphatic rings. The molecule has 1 unspecified atom stereocenters. The molecule has 2 heterocycles. The minimum atomic E-state index is -0.503. The van der Waals surface area contributed by atoms with Crippen LogP contribution in [0.1, 0.15) is 27.7 Å². The van der Waals surface area contributed by atoms with Gasteiger partial charge in [-0.1, -0.05) is 12.1 Å². The number of thioether (sulfide) groups is 1. The largest absolute Gasteiger partial charge is 0.350 e. The molecule has 1 fully saturated rings. The van der Waals surface area contributed by atoms with E-state index in [2.05, 4.69) is 5.32 Å². The number of imidazole rings is 1. The Morgan fingerprint density at radius 1 is 1.19 bits per heavy atom. The molecule has 1 saturated heterocycles. The average Bonchev–Trinajstić information content (AvgIpc) is 3.17. The second-order valence-corrected chi connectivity index (χ2v) is 8.72. The molecule has 1 atom stereocenters. The SMILES string of the molecule is CCn1c(=O)n(CC(=O)N2CSCC2C(=O)NC(C)(C)C)c2ccccc21. The molecular formula is C19H26N4O3S. The molecule has 27 heavy (non-hydrogen) atoms. The van der Waals surface area contributed by atoms with Gasteiger partial charge < -0.3 is 10.2 Å². The lowest BCUT2D eigenvalue weighted by atomic mass is 10.1. The number of carbonyl (C=O) groups excluding carboxylic acids is 2. The Balaban J connectivity index is 1.85. The van der Waals surface area contributed by atoms with E-state index in [9.17, 15) is 14.4 Å². The molecule has 0 spiro atoms. The molecule has 2 aromatic rings. The third-order valence-corrected chi connectivity index (χ3v) is 5.55. The van der Waals surface area contributed by atoms with Crippen LogP contribution in [0.15, 0.2) is 29.1 Å². The Bertz CT molecular complexity index is 925. The summed E-state index contributed by atoms with van der Waals surface area (Å²) >= 11 is 1.55. The average molecular weight is 391 g/mol. The van der Waals surface area contributed by atoms with Crippen LogP contribution in [0.4, 0.5) is 0 Å². The fraction of sp³-hybridized carbons (Fsp3) is 0.526. The third-order valence-electron chi connectivity index (χ3n) is 4.54. The van der Waals surface area contributed by atoms with E-state index < -0.39 is 6.04 Å². The van der Waals surface area contributed by atoms with Gasteiger partial charge in [0.1, 0.15) is 12.6 Å². The van der Waals surface area contributed by atoms with Gasteiger partial charge in [-0.3, -0.25) is 18.7 Å². The maximum Gasteiger partial charge on any atom is 0.329 e. The van der Waals surface area contributed by atoms with Crippen molar-refractivity contribution in [1.29, 1.82) is 0 Å². The summed E-state index contributed by atoms with van der Waals surface area (Å²) in [5.41, 5.74) is 0.996. The lowest BCUT2D eigenvalue weighted by Crippen LogP contribution is -2.53. The number of nitrogens with zero attached hydrogens (tertiary/aromatic N) is 3. The van der Waals surface area contributed by atoms with Crippen LogP contribution >= 0.6 is 11.8 Å². The summed E-state index contributed by atoms with van der Waals surface area (Å²) < 4.78 is 3.16. The number of hydrogen-bond acceptors (Lipinski definition) is 4. The van der Waals surface area contributed by atoms with Crippen LogP contribution in [0.3, 0.4) is 0 Å². The van der Waals surface area contributed by atoms with Crippen molar-refractivity contribution in [1.82, 2.24) is 19.4 Å². The molecule has 0 radical (unpaired) electrons. The molecule has 1 N–H and O–H groups in total. The van der Waals surface area contributed by atoms with Crippen LogP contribution in [0.5, 0.6) is 0 Å². The summed E-state index contributed by atoms with van der Waals surface area (Å²) in [4.78, 5) is 39.8. The van der Waals surface area contributed by atoms with Gasteiger partial charge in [-0.25, -0.2) is 4.79 Å². The molecule has 146 valence electrons. The van der Waals surface area contributed by atoms with Crippen molar-refractivity contribution in [3.05, 3.63) is 34.7 Å². The molecule has 8 heteroatoms. The molecule has 0 bridgehead atoms. The van der Waals surface area contributed by atoms with Crippen LogP contribution in [-0.4, -0.2) is 49.1 Å². The van der Waals surface area contributed by atoms with Crippen molar-refractivity contribution in [2.24, 2.45) is 0 Å². The highest BCUT2D eigenvalue weighted by Crippen LogP contribution is 2.23. The first-order valence-electron chi connectivity index (χ1n) is 9.10. The number of rotatable bonds is 4. The second-order valence-electron chi connectivity index (χ2n) is 7.72. The Hall–Kier alpha value is -2.22. The Labute approximate surface area is 162 Å². The lowest BCUT2D eigenvalue weighted by Gasteiger charge is -2.27. The maximum atomic E-state index is 13.0. The smallest absolute Gasteiger partial charge is 0.329 e. The Morgan fingerprint density at radius 2 is 1.81 bits per heavy atom. The highest BCUT2D eigenvalue weighted by atomic mass is 32.2. The fourth-order valence-corrected chi connectivity index (χ4v) is 4.50. The first-order chi connectivity index (χ1) is 12.7. The van der Waals surface area contributed by atoms with Gasteiger partial charge in [0.05, 0.1) is 16.9 Å². The predicted molar refractivity (Wildman–Crippen MR) is 108 cm³/mol. The zero-order valence-corrected chi connectivity index (χ0v) is 17.0. The van der Waals surface area contributed by atoms with Crippen molar-refractivity contribution in [3.8, 4) is 0 Å². The number of hydrogen-bond donors (Lipinski definition) is 1. The normalized spacial score (nSPS) is 17.5. The quantitative estimate of drug-likeness (QED) is 0.861. The van der Waals surface area contributed by atoms with E-state index in [1.165, 1.54) is 4.57 Å².